The van der Waals surface area contributed by atoms with Gasteiger partial charge in [-0.3, -0.25) is 12.6 Å². The van der Waals surface area contributed by atoms with Gasteiger partial charge in [0.05, 0.1) is 32.4 Å². The Bertz CT molecular complexity index is 860. The maximum Gasteiger partial charge on any atom is 0.0535 e. The van der Waals surface area contributed by atoms with E-state index < -0.39 is 37.8 Å². The van der Waals surface area contributed by atoms with E-state index in [2.05, 4.69) is 0 Å². The first-order chi connectivity index (χ1) is 14.0. The number of hydrogen-bond donors (Lipinski definition) is 0. The summed E-state index contributed by atoms with van der Waals surface area (Å²) in [5, 5.41) is 0. The fourth-order valence-corrected chi connectivity index (χ4v) is 7.82. The standard InChI is InChI=1S/C23H24O3S3/c1-23(17-27(24)20-11-5-2-6-12-20,18-28(25)21-13-7-3-8-14-21)19-29(26)22-15-9-4-10-16-22/h2-16H,17-19H2,1H3. The average molecular weight is 445 g/mol. The minimum Gasteiger partial charge on any atom is -0.254 e. The van der Waals surface area contributed by atoms with Crippen molar-refractivity contribution in [3.63, 3.8) is 0 Å². The Hall–Kier alpha value is -1.89. The van der Waals surface area contributed by atoms with Crippen molar-refractivity contribution in [2.24, 2.45) is 5.41 Å². The van der Waals surface area contributed by atoms with Gasteiger partial charge in [0, 0.05) is 37.4 Å². The first kappa shape index (κ1) is 21.8. The van der Waals surface area contributed by atoms with Crippen molar-refractivity contribution in [2.75, 3.05) is 17.3 Å². The van der Waals surface area contributed by atoms with Crippen LogP contribution in [0.1, 0.15) is 6.92 Å². The van der Waals surface area contributed by atoms with Crippen molar-refractivity contribution in [2.45, 2.75) is 21.6 Å². The summed E-state index contributed by atoms with van der Waals surface area (Å²) >= 11 is 0. The third-order valence-electron chi connectivity index (χ3n) is 4.46. The summed E-state index contributed by atoms with van der Waals surface area (Å²) in [7, 11) is -3.80. The van der Waals surface area contributed by atoms with Crippen LogP contribution in [0.25, 0.3) is 0 Å². The van der Waals surface area contributed by atoms with E-state index in [1.165, 1.54) is 0 Å². The molecule has 0 spiro atoms. The molecule has 0 N–H and O–H groups in total. The van der Waals surface area contributed by atoms with E-state index in [0.29, 0.717) is 17.3 Å². The molecule has 0 aliphatic heterocycles. The average Bonchev–Trinajstić information content (AvgIpc) is 2.75. The molecule has 0 heterocycles. The molecule has 0 saturated carbocycles. The lowest BCUT2D eigenvalue weighted by Crippen LogP contribution is -2.36. The second kappa shape index (κ2) is 10.2. The lowest BCUT2D eigenvalue weighted by molar-refractivity contribution is 0.482. The molecule has 3 unspecified atom stereocenters. The zero-order valence-electron chi connectivity index (χ0n) is 16.2. The van der Waals surface area contributed by atoms with E-state index in [1.807, 2.05) is 97.9 Å². The predicted octanol–water partition coefficient (Wildman–Crippen LogP) is 4.42. The van der Waals surface area contributed by atoms with Crippen LogP contribution in [0.5, 0.6) is 0 Å². The first-order valence-electron chi connectivity index (χ1n) is 9.27. The third kappa shape index (κ3) is 6.29. The van der Waals surface area contributed by atoms with Crippen molar-refractivity contribution in [3.05, 3.63) is 91.0 Å². The summed E-state index contributed by atoms with van der Waals surface area (Å²) in [6.07, 6.45) is 0. The molecule has 6 heteroatoms. The fraction of sp³-hybridized carbons (Fsp3) is 0.217. The monoisotopic (exact) mass is 444 g/mol. The first-order valence-corrected chi connectivity index (χ1v) is 13.2. The SMILES string of the molecule is CC(CS(=O)c1ccccc1)(CS(=O)c1ccccc1)CS(=O)c1ccccc1. The molecule has 0 aromatic heterocycles. The van der Waals surface area contributed by atoms with Gasteiger partial charge in [-0.15, -0.1) is 0 Å². The van der Waals surface area contributed by atoms with Crippen molar-refractivity contribution >= 4 is 32.4 Å². The Morgan fingerprint density at radius 3 is 1.00 bits per heavy atom. The van der Waals surface area contributed by atoms with Crippen molar-refractivity contribution < 1.29 is 12.6 Å². The van der Waals surface area contributed by atoms with Gasteiger partial charge in [-0.05, 0) is 36.4 Å². The van der Waals surface area contributed by atoms with Crippen LogP contribution in [0.3, 0.4) is 0 Å². The van der Waals surface area contributed by atoms with Crippen LogP contribution in [0, 0.1) is 5.41 Å². The highest BCUT2D eigenvalue weighted by molar-refractivity contribution is 7.87. The van der Waals surface area contributed by atoms with Crippen LogP contribution in [-0.2, 0) is 32.4 Å². The highest BCUT2D eigenvalue weighted by Crippen LogP contribution is 2.27. The molecule has 3 aromatic rings. The smallest absolute Gasteiger partial charge is 0.0535 e. The molecule has 0 aliphatic rings. The quantitative estimate of drug-likeness (QED) is 0.491. The highest BCUT2D eigenvalue weighted by atomic mass is 32.2. The zero-order chi connectivity index (χ0) is 20.7. The van der Waals surface area contributed by atoms with Gasteiger partial charge in [0.2, 0.25) is 0 Å². The summed E-state index contributed by atoms with van der Waals surface area (Å²) in [6, 6.07) is 27.8. The summed E-state index contributed by atoms with van der Waals surface area (Å²) in [6.45, 7) is 1.94. The van der Waals surface area contributed by atoms with Crippen LogP contribution < -0.4 is 0 Å². The minimum absolute atomic E-state index is 0.300. The van der Waals surface area contributed by atoms with E-state index in [9.17, 15) is 12.6 Å². The Balaban J connectivity index is 1.84. The van der Waals surface area contributed by atoms with Crippen LogP contribution in [0.15, 0.2) is 106 Å². The van der Waals surface area contributed by atoms with Crippen LogP contribution in [0.2, 0.25) is 0 Å². The minimum atomic E-state index is -1.27. The Labute approximate surface area is 179 Å². The van der Waals surface area contributed by atoms with Crippen molar-refractivity contribution in [3.8, 4) is 0 Å². The van der Waals surface area contributed by atoms with Gasteiger partial charge in [0.1, 0.15) is 0 Å². The van der Waals surface area contributed by atoms with E-state index in [0.717, 1.165) is 14.7 Å². The molecule has 0 radical (unpaired) electrons. The molecule has 3 aromatic carbocycles. The molecule has 3 atom stereocenters. The molecular weight excluding hydrogens is 420 g/mol. The van der Waals surface area contributed by atoms with Crippen molar-refractivity contribution in [1.29, 1.82) is 0 Å². The fourth-order valence-electron chi connectivity index (χ4n) is 3.04. The Morgan fingerprint density at radius 2 is 0.759 bits per heavy atom. The van der Waals surface area contributed by atoms with Crippen LogP contribution in [0.4, 0.5) is 0 Å². The molecule has 3 rings (SSSR count). The topological polar surface area (TPSA) is 51.2 Å². The van der Waals surface area contributed by atoms with Crippen LogP contribution in [-0.4, -0.2) is 29.9 Å². The van der Waals surface area contributed by atoms with Gasteiger partial charge in [-0.2, -0.15) is 0 Å². The van der Waals surface area contributed by atoms with E-state index in [1.54, 1.807) is 0 Å². The lowest BCUT2D eigenvalue weighted by atomic mass is 9.99. The molecule has 0 amide bonds. The number of benzene rings is 3. The summed E-state index contributed by atoms with van der Waals surface area (Å²) in [5.74, 6) is 0.899. The maximum atomic E-state index is 13.0. The Kier molecular flexibility index (Phi) is 7.70. The maximum absolute atomic E-state index is 13.0. The van der Waals surface area contributed by atoms with E-state index in [-0.39, 0.29) is 0 Å². The van der Waals surface area contributed by atoms with Gasteiger partial charge in [-0.1, -0.05) is 61.5 Å². The lowest BCUT2D eigenvalue weighted by Gasteiger charge is -2.28. The van der Waals surface area contributed by atoms with Gasteiger partial charge in [-0.25, -0.2) is 0 Å². The molecule has 152 valence electrons. The largest absolute Gasteiger partial charge is 0.254 e. The zero-order valence-corrected chi connectivity index (χ0v) is 18.7. The Morgan fingerprint density at radius 1 is 0.517 bits per heavy atom. The molecule has 29 heavy (non-hydrogen) atoms. The van der Waals surface area contributed by atoms with Crippen LogP contribution >= 0.6 is 0 Å². The second-order valence-corrected chi connectivity index (χ2v) is 11.6. The number of rotatable bonds is 9. The van der Waals surface area contributed by atoms with Gasteiger partial charge in [0.25, 0.3) is 0 Å². The van der Waals surface area contributed by atoms with E-state index in [4.69, 9.17) is 0 Å². The van der Waals surface area contributed by atoms with E-state index >= 15 is 0 Å². The summed E-state index contributed by atoms with van der Waals surface area (Å²) in [4.78, 5) is 2.19. The highest BCUT2D eigenvalue weighted by Gasteiger charge is 2.33. The van der Waals surface area contributed by atoms with Gasteiger partial charge in [0.15, 0.2) is 0 Å². The molecule has 0 fully saturated rings. The molecule has 0 saturated heterocycles. The summed E-state index contributed by atoms with van der Waals surface area (Å²) in [5.41, 5.74) is -0.623. The molecule has 3 nitrogen and oxygen atoms in total. The second-order valence-electron chi connectivity index (χ2n) is 7.22. The van der Waals surface area contributed by atoms with Gasteiger partial charge < -0.3 is 0 Å². The molecular formula is C23H24O3S3. The summed E-state index contributed by atoms with van der Waals surface area (Å²) < 4.78 is 39.0. The predicted molar refractivity (Wildman–Crippen MR) is 121 cm³/mol. The van der Waals surface area contributed by atoms with Crippen molar-refractivity contribution in [1.82, 2.24) is 0 Å². The number of hydrogen-bond acceptors (Lipinski definition) is 3. The van der Waals surface area contributed by atoms with Gasteiger partial charge >= 0.3 is 0 Å². The molecule has 0 aliphatic carbocycles. The molecule has 0 bridgehead atoms. The third-order valence-corrected chi connectivity index (χ3v) is 9.73. The normalized spacial score (nSPS) is 16.4.